The molecule has 0 amide bonds. The predicted molar refractivity (Wildman–Crippen MR) is 139 cm³/mol. The lowest BCUT2D eigenvalue weighted by Crippen LogP contribution is -2.65. The molecule has 2 spiro atoms. The van der Waals surface area contributed by atoms with Crippen molar-refractivity contribution in [3.63, 3.8) is 0 Å². The smallest absolute Gasteiger partial charge is 0.338 e. The fourth-order valence-electron chi connectivity index (χ4n) is 7.73. The third kappa shape index (κ3) is 4.23. The maximum absolute atomic E-state index is 13.0. The van der Waals surface area contributed by atoms with Crippen molar-refractivity contribution < 1.29 is 43.1 Å². The summed E-state index contributed by atoms with van der Waals surface area (Å²) in [6.07, 6.45) is 9.19. The van der Waals surface area contributed by atoms with Gasteiger partial charge in [-0.3, -0.25) is 0 Å². The fraction of sp³-hybridized carbons (Fsp3) is 0.733. The molecule has 0 radical (unpaired) electrons. The van der Waals surface area contributed by atoms with Crippen LogP contribution in [-0.4, -0.2) is 84.7 Å². The van der Waals surface area contributed by atoms with Crippen LogP contribution >= 0.6 is 0 Å². The number of hydrogen-bond acceptors (Lipinski definition) is 9. The molecule has 0 aromatic rings. The number of rotatable bonds is 1. The quantitative estimate of drug-likeness (QED) is 0.302. The maximum atomic E-state index is 13.0. The lowest BCUT2D eigenvalue weighted by molar-refractivity contribution is -0.222. The highest BCUT2D eigenvalue weighted by Crippen LogP contribution is 2.73. The Morgan fingerprint density at radius 2 is 1.87 bits per heavy atom. The van der Waals surface area contributed by atoms with Gasteiger partial charge in [-0.2, -0.15) is 0 Å². The lowest BCUT2D eigenvalue weighted by Gasteiger charge is -2.59. The Kier molecular flexibility index (Phi) is 6.62. The molecule has 0 aromatic carbocycles. The first kappa shape index (κ1) is 27.1. The normalized spacial score (nSPS) is 50.1. The first-order valence-corrected chi connectivity index (χ1v) is 14.2. The van der Waals surface area contributed by atoms with Crippen LogP contribution in [0.25, 0.3) is 0 Å². The molecule has 6 rings (SSSR count). The van der Waals surface area contributed by atoms with E-state index in [0.717, 1.165) is 12.8 Å². The molecule has 214 valence electrons. The molecule has 2 aliphatic carbocycles. The van der Waals surface area contributed by atoms with Gasteiger partial charge >= 0.3 is 11.9 Å². The summed E-state index contributed by atoms with van der Waals surface area (Å²) < 4.78 is 36.5. The van der Waals surface area contributed by atoms with Crippen molar-refractivity contribution in [1.82, 2.24) is 0 Å². The highest BCUT2D eigenvalue weighted by molar-refractivity contribution is 5.82. The zero-order chi connectivity index (χ0) is 27.6. The number of carbonyl (C=O) groups is 2. The second-order valence-electron chi connectivity index (χ2n) is 12.6. The zero-order valence-electron chi connectivity index (χ0n) is 23.2. The second-order valence-corrected chi connectivity index (χ2v) is 12.6. The predicted octanol–water partition coefficient (Wildman–Crippen LogP) is 2.94. The van der Waals surface area contributed by atoms with Crippen molar-refractivity contribution in [2.45, 2.75) is 108 Å². The first-order chi connectivity index (χ1) is 18.5. The molecule has 1 N–H and O–H groups in total. The van der Waals surface area contributed by atoms with Crippen LogP contribution in [0.4, 0.5) is 0 Å². The monoisotopic (exact) mass is 544 g/mol. The summed E-state index contributed by atoms with van der Waals surface area (Å²) in [7, 11) is 0. The first-order valence-electron chi connectivity index (χ1n) is 14.2. The van der Waals surface area contributed by atoms with Crippen molar-refractivity contribution in [2.24, 2.45) is 10.8 Å². The average molecular weight is 545 g/mol. The standard InChI is InChI=1S/C30H40O9/c1-18-9-10-29-12-14-35-26(33)25-27(3,39-25)11-13-34-20(19(2)31)7-5-6-8-24(32)38-21-16-23(37-22(29)15-18)30(17-36-30)28(21,29)4/h5-8,15,19-23,25,31H,9-14,16-17H2,1-4H3/b7-5+,8-6+. The fourth-order valence-corrected chi connectivity index (χ4v) is 7.73. The summed E-state index contributed by atoms with van der Waals surface area (Å²) in [5.74, 6) is -0.818. The number of cyclic esters (lactones) is 1. The summed E-state index contributed by atoms with van der Waals surface area (Å²) in [5, 5.41) is 10.1. The van der Waals surface area contributed by atoms with Crippen molar-refractivity contribution in [3.8, 4) is 0 Å². The molecule has 10 atom stereocenters. The van der Waals surface area contributed by atoms with E-state index in [-0.39, 0.29) is 24.8 Å². The van der Waals surface area contributed by atoms with Gasteiger partial charge in [0.15, 0.2) is 6.10 Å². The highest BCUT2D eigenvalue weighted by atomic mass is 16.7. The lowest BCUT2D eigenvalue weighted by atomic mass is 9.50. The van der Waals surface area contributed by atoms with Crippen molar-refractivity contribution in [2.75, 3.05) is 19.8 Å². The summed E-state index contributed by atoms with van der Waals surface area (Å²) >= 11 is 0. The van der Waals surface area contributed by atoms with Gasteiger partial charge in [0, 0.05) is 29.7 Å². The Labute approximate surface area is 229 Å². The number of esters is 2. The molecule has 1 saturated carbocycles. The van der Waals surface area contributed by atoms with Gasteiger partial charge in [0.2, 0.25) is 0 Å². The Bertz CT molecular complexity index is 1110. The highest BCUT2D eigenvalue weighted by Gasteiger charge is 2.82. The Hall–Kier alpha value is -2.04. The summed E-state index contributed by atoms with van der Waals surface area (Å²) in [5.41, 5.74) is -0.847. The van der Waals surface area contributed by atoms with Gasteiger partial charge in [0.05, 0.1) is 38.1 Å². The molecule has 4 aliphatic heterocycles. The molecule has 4 fully saturated rings. The molecular weight excluding hydrogens is 504 g/mol. The van der Waals surface area contributed by atoms with E-state index in [4.69, 9.17) is 28.4 Å². The topological polar surface area (TPSA) is 116 Å². The molecule has 4 heterocycles. The van der Waals surface area contributed by atoms with Gasteiger partial charge in [0.1, 0.15) is 23.4 Å². The Balaban J connectivity index is 1.32. The Morgan fingerprint density at radius 3 is 2.62 bits per heavy atom. The summed E-state index contributed by atoms with van der Waals surface area (Å²) in [6, 6.07) is 0. The van der Waals surface area contributed by atoms with E-state index >= 15 is 0 Å². The molecule has 9 nitrogen and oxygen atoms in total. The number of carbonyl (C=O) groups excluding carboxylic acids is 2. The number of fused-ring (bicyclic) bond motifs is 1. The van der Waals surface area contributed by atoms with Crippen molar-refractivity contribution >= 4 is 11.9 Å². The van der Waals surface area contributed by atoms with E-state index in [0.29, 0.717) is 32.5 Å². The van der Waals surface area contributed by atoms with E-state index in [1.807, 2.05) is 6.92 Å². The van der Waals surface area contributed by atoms with Gasteiger partial charge in [-0.1, -0.05) is 36.8 Å². The summed E-state index contributed by atoms with van der Waals surface area (Å²) in [6.45, 7) is 8.88. The van der Waals surface area contributed by atoms with E-state index in [2.05, 4.69) is 19.9 Å². The van der Waals surface area contributed by atoms with Gasteiger partial charge in [-0.15, -0.1) is 0 Å². The minimum absolute atomic E-state index is 0.172. The minimum Gasteiger partial charge on any atom is -0.464 e. The van der Waals surface area contributed by atoms with Crippen LogP contribution in [-0.2, 0) is 38.0 Å². The number of aliphatic hydroxyl groups excluding tert-OH is 1. The molecule has 2 bridgehead atoms. The van der Waals surface area contributed by atoms with Crippen LogP contribution in [0.15, 0.2) is 36.0 Å². The number of aliphatic hydroxyl groups is 1. The van der Waals surface area contributed by atoms with Gasteiger partial charge < -0.3 is 33.5 Å². The van der Waals surface area contributed by atoms with E-state index < -0.39 is 52.4 Å². The minimum atomic E-state index is -0.755. The van der Waals surface area contributed by atoms with Crippen LogP contribution in [0, 0.1) is 10.8 Å². The van der Waals surface area contributed by atoms with Crippen LogP contribution in [0.3, 0.4) is 0 Å². The average Bonchev–Trinajstić information content (AvgIpc) is 3.79. The zero-order valence-corrected chi connectivity index (χ0v) is 23.2. The van der Waals surface area contributed by atoms with Crippen LogP contribution in [0.1, 0.15) is 59.8 Å². The number of epoxide rings is 2. The van der Waals surface area contributed by atoms with E-state index in [9.17, 15) is 14.7 Å². The number of allylic oxidation sites excluding steroid dienone is 3. The van der Waals surface area contributed by atoms with Gasteiger partial charge in [-0.25, -0.2) is 9.59 Å². The third-order valence-electron chi connectivity index (χ3n) is 10.4. The van der Waals surface area contributed by atoms with Crippen LogP contribution in [0.2, 0.25) is 0 Å². The van der Waals surface area contributed by atoms with Gasteiger partial charge in [0.25, 0.3) is 0 Å². The summed E-state index contributed by atoms with van der Waals surface area (Å²) in [4.78, 5) is 26.0. The second kappa shape index (κ2) is 9.52. The van der Waals surface area contributed by atoms with Crippen molar-refractivity contribution in [3.05, 3.63) is 36.0 Å². The molecular formula is C30H40O9. The third-order valence-corrected chi connectivity index (χ3v) is 10.4. The molecule has 6 aliphatic rings. The molecule has 10 unspecified atom stereocenters. The molecule has 3 saturated heterocycles. The van der Waals surface area contributed by atoms with Crippen LogP contribution < -0.4 is 0 Å². The van der Waals surface area contributed by atoms with Crippen LogP contribution in [0.5, 0.6) is 0 Å². The Morgan fingerprint density at radius 1 is 1.08 bits per heavy atom. The number of ether oxygens (including phenoxy) is 6. The largest absolute Gasteiger partial charge is 0.464 e. The molecule has 39 heavy (non-hydrogen) atoms. The SMILES string of the molecule is CC1=CC2OC3CC4OC(=O)/C=C/C=C/C(C(C)O)OCCC5(C)OC5C(=O)OCCC2(CC1)C4(C)C31CO1. The van der Waals surface area contributed by atoms with E-state index in [1.165, 1.54) is 11.6 Å². The van der Waals surface area contributed by atoms with E-state index in [1.54, 1.807) is 25.2 Å². The van der Waals surface area contributed by atoms with Gasteiger partial charge in [-0.05, 0) is 40.0 Å². The number of hydrogen-bond donors (Lipinski definition) is 1. The molecule has 9 heteroatoms. The van der Waals surface area contributed by atoms with Crippen molar-refractivity contribution in [1.29, 1.82) is 0 Å². The molecule has 0 aromatic heterocycles. The maximum Gasteiger partial charge on any atom is 0.338 e.